The summed E-state index contributed by atoms with van der Waals surface area (Å²) >= 11 is 6.53. The molecule has 1 heterocycles. The van der Waals surface area contributed by atoms with E-state index in [4.69, 9.17) is 25.8 Å². The largest absolute Gasteiger partial charge is 0.496 e. The summed E-state index contributed by atoms with van der Waals surface area (Å²) in [5.41, 5.74) is 0.220. The van der Waals surface area contributed by atoms with Crippen molar-refractivity contribution >= 4 is 55.8 Å². The molecule has 192 valence electrons. The second-order valence-corrected chi connectivity index (χ2v) is 10.5. The highest BCUT2D eigenvalue weighted by molar-refractivity contribution is 7.89. The summed E-state index contributed by atoms with van der Waals surface area (Å²) in [6.45, 7) is 5.11. The summed E-state index contributed by atoms with van der Waals surface area (Å²) in [5, 5.41) is 2.65. The van der Waals surface area contributed by atoms with E-state index in [1.54, 1.807) is 20.8 Å². The third-order valence-corrected chi connectivity index (χ3v) is 8.05. The van der Waals surface area contributed by atoms with Gasteiger partial charge in [-0.3, -0.25) is 4.79 Å². The van der Waals surface area contributed by atoms with Gasteiger partial charge in [0.2, 0.25) is 10.0 Å². The van der Waals surface area contributed by atoms with Gasteiger partial charge < -0.3 is 19.5 Å². The number of ether oxygens (including phenoxy) is 3. The molecular formula is C22H27ClN2O8S2. The van der Waals surface area contributed by atoms with E-state index in [1.807, 2.05) is 0 Å². The van der Waals surface area contributed by atoms with Gasteiger partial charge in [0.1, 0.15) is 15.6 Å². The minimum Gasteiger partial charge on any atom is -0.496 e. The minimum atomic E-state index is -3.92. The van der Waals surface area contributed by atoms with E-state index in [1.165, 1.54) is 32.4 Å². The smallest absolute Gasteiger partial charge is 0.348 e. The number of anilines is 1. The average Bonchev–Trinajstić information content (AvgIpc) is 3.14. The molecule has 13 heteroatoms. The summed E-state index contributed by atoms with van der Waals surface area (Å²) in [5.74, 6) is -1.91. The lowest BCUT2D eigenvalue weighted by Gasteiger charge is -2.17. The molecule has 0 aliphatic heterocycles. The lowest BCUT2D eigenvalue weighted by atomic mass is 10.1. The van der Waals surface area contributed by atoms with Crippen molar-refractivity contribution in [3.05, 3.63) is 39.8 Å². The van der Waals surface area contributed by atoms with Crippen LogP contribution in [0.1, 0.15) is 49.8 Å². The van der Waals surface area contributed by atoms with E-state index in [9.17, 15) is 22.8 Å². The first-order valence-corrected chi connectivity index (χ1v) is 13.3. The number of hydrogen-bond donors (Lipinski definition) is 1. The maximum absolute atomic E-state index is 13.2. The molecular weight excluding hydrogens is 520 g/mol. The Morgan fingerprint density at radius 1 is 1.11 bits per heavy atom. The normalized spacial score (nSPS) is 11.3. The molecule has 0 aliphatic carbocycles. The Labute approximate surface area is 213 Å². The van der Waals surface area contributed by atoms with Crippen LogP contribution in [0.25, 0.3) is 0 Å². The lowest BCUT2D eigenvalue weighted by Crippen LogP contribution is -2.29. The fourth-order valence-corrected chi connectivity index (χ4v) is 5.69. The van der Waals surface area contributed by atoms with E-state index in [2.05, 4.69) is 5.32 Å². The number of alkyl halides is 1. The quantitative estimate of drug-likeness (QED) is 0.335. The van der Waals surface area contributed by atoms with Crippen LogP contribution < -0.4 is 10.1 Å². The molecule has 0 spiro atoms. The maximum Gasteiger partial charge on any atom is 0.348 e. The monoisotopic (exact) mass is 546 g/mol. The highest BCUT2D eigenvalue weighted by atomic mass is 35.5. The highest BCUT2D eigenvalue weighted by Crippen LogP contribution is 2.35. The zero-order valence-electron chi connectivity index (χ0n) is 20.0. The summed E-state index contributed by atoms with van der Waals surface area (Å²) in [6, 6.07) is 3.84. The highest BCUT2D eigenvalue weighted by Gasteiger charge is 2.29. The van der Waals surface area contributed by atoms with Crippen LogP contribution in [0.15, 0.2) is 23.1 Å². The average molecular weight is 547 g/mol. The second-order valence-electron chi connectivity index (χ2n) is 7.03. The van der Waals surface area contributed by atoms with Crippen molar-refractivity contribution in [3.63, 3.8) is 0 Å². The van der Waals surface area contributed by atoms with Crippen molar-refractivity contribution in [1.82, 2.24) is 4.31 Å². The van der Waals surface area contributed by atoms with Crippen molar-refractivity contribution in [1.29, 1.82) is 0 Å². The maximum atomic E-state index is 13.2. The lowest BCUT2D eigenvalue weighted by molar-refractivity contribution is 0.0527. The Morgan fingerprint density at radius 3 is 2.31 bits per heavy atom. The first-order valence-electron chi connectivity index (χ1n) is 10.5. The number of hydrogen-bond acceptors (Lipinski definition) is 9. The number of thiophene rings is 1. The van der Waals surface area contributed by atoms with E-state index in [-0.39, 0.29) is 57.3 Å². The molecule has 1 aromatic heterocycles. The molecule has 0 saturated heterocycles. The third-order valence-electron chi connectivity index (χ3n) is 4.84. The first kappa shape index (κ1) is 28.6. The van der Waals surface area contributed by atoms with Crippen LogP contribution in [0.5, 0.6) is 5.75 Å². The van der Waals surface area contributed by atoms with Gasteiger partial charge in [-0.1, -0.05) is 0 Å². The SMILES string of the molecule is CCOC(=O)c1sc(NC(=O)c2cc(S(=O)(=O)N(C)CCCl)ccc2OC)c(C(=O)OCC)c1C. The van der Waals surface area contributed by atoms with Gasteiger partial charge in [0.25, 0.3) is 5.91 Å². The fourth-order valence-electron chi connectivity index (χ4n) is 3.06. The molecule has 0 atom stereocenters. The number of nitrogens with zero attached hydrogens (tertiary/aromatic N) is 1. The van der Waals surface area contributed by atoms with Gasteiger partial charge in [-0.05, 0) is 44.5 Å². The van der Waals surface area contributed by atoms with E-state index < -0.39 is 27.9 Å². The Balaban J connectivity index is 2.55. The van der Waals surface area contributed by atoms with Crippen LogP contribution in [0, 0.1) is 6.92 Å². The molecule has 0 bridgehead atoms. The van der Waals surface area contributed by atoms with Crippen molar-refractivity contribution in [2.45, 2.75) is 25.7 Å². The number of carbonyl (C=O) groups excluding carboxylic acids is 3. The van der Waals surface area contributed by atoms with Crippen LogP contribution in [-0.2, 0) is 19.5 Å². The summed E-state index contributed by atoms with van der Waals surface area (Å²) in [7, 11) is -1.22. The van der Waals surface area contributed by atoms with Crippen LogP contribution >= 0.6 is 22.9 Å². The third kappa shape index (κ3) is 6.31. The standard InChI is InChI=1S/C22H27ClN2O8S2/c1-6-32-21(27)17-13(3)18(22(28)33-7-2)34-20(17)24-19(26)15-12-14(8-9-16(15)31-5)35(29,30)25(4)11-10-23/h8-9,12H,6-7,10-11H2,1-5H3,(H,24,26). The number of esters is 2. The number of amides is 1. The Morgan fingerprint density at radius 2 is 1.74 bits per heavy atom. The second kappa shape index (κ2) is 12.3. The number of halogens is 1. The topological polar surface area (TPSA) is 128 Å². The molecule has 35 heavy (non-hydrogen) atoms. The summed E-state index contributed by atoms with van der Waals surface area (Å²) in [4.78, 5) is 38.2. The fraction of sp³-hybridized carbons (Fsp3) is 0.409. The van der Waals surface area contributed by atoms with Crippen LogP contribution in [0.2, 0.25) is 0 Å². The summed E-state index contributed by atoms with van der Waals surface area (Å²) < 4.78 is 42.1. The number of carbonyl (C=O) groups is 3. The van der Waals surface area contributed by atoms with Crippen molar-refractivity contribution in [2.75, 3.05) is 45.1 Å². The van der Waals surface area contributed by atoms with Gasteiger partial charge in [0, 0.05) is 19.5 Å². The van der Waals surface area contributed by atoms with Gasteiger partial charge in [0.05, 0.1) is 36.3 Å². The zero-order valence-corrected chi connectivity index (χ0v) is 22.4. The number of nitrogens with one attached hydrogen (secondary N) is 1. The van der Waals surface area contributed by atoms with Gasteiger partial charge in [0.15, 0.2) is 0 Å². The molecule has 0 unspecified atom stereocenters. The summed E-state index contributed by atoms with van der Waals surface area (Å²) in [6.07, 6.45) is 0. The Hall–Kier alpha value is -2.67. The molecule has 2 aromatic rings. The van der Waals surface area contributed by atoms with Crippen LogP contribution in [-0.4, -0.2) is 70.4 Å². The predicted molar refractivity (Wildman–Crippen MR) is 132 cm³/mol. The Bertz CT molecular complexity index is 1210. The molecule has 0 radical (unpaired) electrons. The minimum absolute atomic E-state index is 0.0119. The van der Waals surface area contributed by atoms with Crippen LogP contribution in [0.4, 0.5) is 5.00 Å². The Kier molecular flexibility index (Phi) is 10.1. The van der Waals surface area contributed by atoms with Crippen LogP contribution in [0.3, 0.4) is 0 Å². The number of rotatable bonds is 11. The molecule has 1 aromatic carbocycles. The predicted octanol–water partition coefficient (Wildman–Crippen LogP) is 3.53. The van der Waals surface area contributed by atoms with Crippen molar-refractivity contribution in [2.24, 2.45) is 0 Å². The first-order chi connectivity index (χ1) is 16.5. The molecule has 0 saturated carbocycles. The van der Waals surface area contributed by atoms with Gasteiger partial charge >= 0.3 is 11.9 Å². The molecule has 0 fully saturated rings. The van der Waals surface area contributed by atoms with Gasteiger partial charge in [-0.25, -0.2) is 18.0 Å². The van der Waals surface area contributed by atoms with Gasteiger partial charge in [-0.2, -0.15) is 4.31 Å². The number of sulfonamides is 1. The molecule has 1 amide bonds. The van der Waals surface area contributed by atoms with Crippen molar-refractivity contribution in [3.8, 4) is 5.75 Å². The number of methoxy groups -OCH3 is 1. The number of benzene rings is 1. The van der Waals surface area contributed by atoms with E-state index in [0.717, 1.165) is 15.6 Å². The van der Waals surface area contributed by atoms with Crippen molar-refractivity contribution < 1.29 is 37.0 Å². The molecule has 0 aliphatic rings. The zero-order chi connectivity index (χ0) is 26.3. The van der Waals surface area contributed by atoms with Gasteiger partial charge in [-0.15, -0.1) is 22.9 Å². The molecule has 10 nitrogen and oxygen atoms in total. The molecule has 1 N–H and O–H groups in total. The van der Waals surface area contributed by atoms with E-state index in [0.29, 0.717) is 5.56 Å². The van der Waals surface area contributed by atoms with E-state index >= 15 is 0 Å². The molecule has 2 rings (SSSR count).